The summed E-state index contributed by atoms with van der Waals surface area (Å²) in [5.41, 5.74) is 0.288. The molecule has 4 heteroatoms. The first-order chi connectivity index (χ1) is 8.16. The van der Waals surface area contributed by atoms with E-state index in [2.05, 4.69) is 22.6 Å². The predicted octanol–water partition coefficient (Wildman–Crippen LogP) is 3.70. The van der Waals surface area contributed by atoms with Crippen molar-refractivity contribution in [2.45, 2.75) is 38.2 Å². The Bertz CT molecular complexity index is 411. The number of benzene rings is 1. The molecule has 1 fully saturated rings. The van der Waals surface area contributed by atoms with Gasteiger partial charge in [0.1, 0.15) is 5.75 Å². The van der Waals surface area contributed by atoms with Gasteiger partial charge >= 0.3 is 5.97 Å². The minimum absolute atomic E-state index is 0.251. The van der Waals surface area contributed by atoms with Crippen LogP contribution in [-0.2, 0) is 0 Å². The molecule has 1 aromatic rings. The smallest absolute Gasteiger partial charge is 0.335 e. The number of carboxylic acid groups (broad SMARTS) is 1. The standard InChI is InChI=1S/C13H15IO3/c14-11-7-6-9(13(15)16)8-12(11)17-10-4-2-1-3-5-10/h6-8,10H,1-5H2,(H,15,16). The number of rotatable bonds is 3. The van der Waals surface area contributed by atoms with E-state index in [0.717, 1.165) is 16.4 Å². The van der Waals surface area contributed by atoms with Gasteiger partial charge in [0.25, 0.3) is 0 Å². The van der Waals surface area contributed by atoms with Gasteiger partial charge in [0, 0.05) is 0 Å². The van der Waals surface area contributed by atoms with Gasteiger partial charge < -0.3 is 9.84 Å². The van der Waals surface area contributed by atoms with Crippen molar-refractivity contribution >= 4 is 28.6 Å². The highest BCUT2D eigenvalue weighted by Crippen LogP contribution is 2.28. The van der Waals surface area contributed by atoms with E-state index < -0.39 is 5.97 Å². The van der Waals surface area contributed by atoms with Crippen LogP contribution in [0.3, 0.4) is 0 Å². The first-order valence-electron chi connectivity index (χ1n) is 5.86. The monoisotopic (exact) mass is 346 g/mol. The van der Waals surface area contributed by atoms with Gasteiger partial charge in [-0.05, 0) is 66.5 Å². The molecule has 0 amide bonds. The number of aromatic carboxylic acids is 1. The highest BCUT2D eigenvalue weighted by atomic mass is 127. The third-order valence-corrected chi connectivity index (χ3v) is 3.92. The fourth-order valence-electron chi connectivity index (χ4n) is 2.09. The quantitative estimate of drug-likeness (QED) is 0.849. The Labute approximate surface area is 114 Å². The zero-order valence-corrected chi connectivity index (χ0v) is 11.6. The number of hydrogen-bond donors (Lipinski definition) is 1. The van der Waals surface area contributed by atoms with Gasteiger partial charge in [-0.2, -0.15) is 0 Å². The van der Waals surface area contributed by atoms with Crippen molar-refractivity contribution in [1.82, 2.24) is 0 Å². The lowest BCUT2D eigenvalue weighted by Crippen LogP contribution is -2.20. The van der Waals surface area contributed by atoms with Crippen LogP contribution in [0.15, 0.2) is 18.2 Å². The molecule has 1 aliphatic rings. The summed E-state index contributed by atoms with van der Waals surface area (Å²) in [6.07, 6.45) is 6.10. The SMILES string of the molecule is O=C(O)c1ccc(I)c(OC2CCCCC2)c1. The van der Waals surface area contributed by atoms with Crippen molar-refractivity contribution in [2.24, 2.45) is 0 Å². The van der Waals surface area contributed by atoms with Crippen molar-refractivity contribution in [3.8, 4) is 5.75 Å². The minimum Gasteiger partial charge on any atom is -0.489 e. The Morgan fingerprint density at radius 1 is 1.29 bits per heavy atom. The molecule has 0 saturated heterocycles. The molecule has 0 aliphatic heterocycles. The van der Waals surface area contributed by atoms with Crippen LogP contribution in [0.4, 0.5) is 0 Å². The van der Waals surface area contributed by atoms with E-state index in [4.69, 9.17) is 9.84 Å². The van der Waals surface area contributed by atoms with E-state index in [1.807, 2.05) is 0 Å². The molecule has 1 saturated carbocycles. The molecule has 1 aliphatic carbocycles. The average molecular weight is 346 g/mol. The molecule has 0 heterocycles. The number of ether oxygens (including phenoxy) is 1. The van der Waals surface area contributed by atoms with Gasteiger partial charge in [-0.3, -0.25) is 0 Å². The van der Waals surface area contributed by atoms with Gasteiger partial charge in [0.2, 0.25) is 0 Å². The summed E-state index contributed by atoms with van der Waals surface area (Å²) in [4.78, 5) is 10.9. The Balaban J connectivity index is 2.13. The molecule has 3 nitrogen and oxygen atoms in total. The van der Waals surface area contributed by atoms with E-state index in [1.54, 1.807) is 18.2 Å². The van der Waals surface area contributed by atoms with Crippen LogP contribution >= 0.6 is 22.6 Å². The summed E-state index contributed by atoms with van der Waals surface area (Å²) in [6, 6.07) is 5.03. The van der Waals surface area contributed by atoms with E-state index >= 15 is 0 Å². The summed E-state index contributed by atoms with van der Waals surface area (Å²) in [7, 11) is 0. The number of halogens is 1. The van der Waals surface area contributed by atoms with Crippen molar-refractivity contribution in [2.75, 3.05) is 0 Å². The lowest BCUT2D eigenvalue weighted by atomic mass is 9.98. The fraction of sp³-hybridized carbons (Fsp3) is 0.462. The molecule has 0 aromatic heterocycles. The number of carboxylic acids is 1. The molecule has 17 heavy (non-hydrogen) atoms. The predicted molar refractivity (Wildman–Crippen MR) is 73.6 cm³/mol. The highest BCUT2D eigenvalue weighted by molar-refractivity contribution is 14.1. The second-order valence-electron chi connectivity index (χ2n) is 4.33. The maximum atomic E-state index is 10.9. The molecule has 1 aromatic carbocycles. The van der Waals surface area contributed by atoms with Crippen molar-refractivity contribution in [1.29, 1.82) is 0 Å². The summed E-state index contributed by atoms with van der Waals surface area (Å²) in [5, 5.41) is 8.95. The molecule has 0 spiro atoms. The maximum Gasteiger partial charge on any atom is 0.335 e. The van der Waals surface area contributed by atoms with Gasteiger partial charge in [0.05, 0.1) is 15.2 Å². The summed E-state index contributed by atoms with van der Waals surface area (Å²) >= 11 is 2.18. The molecule has 2 rings (SSSR count). The largest absolute Gasteiger partial charge is 0.489 e. The van der Waals surface area contributed by atoms with E-state index in [0.29, 0.717) is 5.75 Å². The Hall–Kier alpha value is -0.780. The van der Waals surface area contributed by atoms with Gasteiger partial charge in [-0.15, -0.1) is 0 Å². The van der Waals surface area contributed by atoms with Crippen LogP contribution in [0.2, 0.25) is 0 Å². The van der Waals surface area contributed by atoms with Crippen LogP contribution in [0.25, 0.3) is 0 Å². The van der Waals surface area contributed by atoms with Crippen molar-refractivity contribution < 1.29 is 14.6 Å². The van der Waals surface area contributed by atoms with E-state index in [-0.39, 0.29) is 11.7 Å². The molecule has 0 bridgehead atoms. The van der Waals surface area contributed by atoms with Crippen molar-refractivity contribution in [3.05, 3.63) is 27.3 Å². The number of carbonyl (C=O) groups is 1. The summed E-state index contributed by atoms with van der Waals surface area (Å²) < 4.78 is 6.88. The summed E-state index contributed by atoms with van der Waals surface area (Å²) in [6.45, 7) is 0. The van der Waals surface area contributed by atoms with E-state index in [9.17, 15) is 4.79 Å². The van der Waals surface area contributed by atoms with Crippen LogP contribution in [0.1, 0.15) is 42.5 Å². The average Bonchev–Trinajstić information content (AvgIpc) is 2.33. The number of hydrogen-bond acceptors (Lipinski definition) is 2. The third-order valence-electron chi connectivity index (χ3n) is 3.02. The Morgan fingerprint density at radius 3 is 2.65 bits per heavy atom. The normalized spacial score (nSPS) is 16.8. The molecule has 1 N–H and O–H groups in total. The first kappa shape index (κ1) is 12.7. The maximum absolute atomic E-state index is 10.9. The van der Waals surface area contributed by atoms with Crippen molar-refractivity contribution in [3.63, 3.8) is 0 Å². The Morgan fingerprint density at radius 2 is 2.00 bits per heavy atom. The lowest BCUT2D eigenvalue weighted by molar-refractivity contribution is 0.0695. The van der Waals surface area contributed by atoms with Gasteiger partial charge in [0.15, 0.2) is 0 Å². The minimum atomic E-state index is -0.908. The Kier molecular flexibility index (Phi) is 4.25. The molecule has 0 radical (unpaired) electrons. The molecular weight excluding hydrogens is 331 g/mol. The van der Waals surface area contributed by atoms with Crippen LogP contribution in [0.5, 0.6) is 5.75 Å². The van der Waals surface area contributed by atoms with Crippen LogP contribution < -0.4 is 4.74 Å². The molecule has 92 valence electrons. The summed E-state index contributed by atoms with van der Waals surface area (Å²) in [5.74, 6) is -0.202. The zero-order valence-electron chi connectivity index (χ0n) is 9.49. The lowest BCUT2D eigenvalue weighted by Gasteiger charge is -2.23. The fourth-order valence-corrected chi connectivity index (χ4v) is 2.55. The zero-order chi connectivity index (χ0) is 12.3. The molecule has 0 atom stereocenters. The topological polar surface area (TPSA) is 46.5 Å². The molecule has 0 unspecified atom stereocenters. The second kappa shape index (κ2) is 5.71. The van der Waals surface area contributed by atoms with Crippen LogP contribution in [-0.4, -0.2) is 17.2 Å². The second-order valence-corrected chi connectivity index (χ2v) is 5.49. The first-order valence-corrected chi connectivity index (χ1v) is 6.94. The van der Waals surface area contributed by atoms with E-state index in [1.165, 1.54) is 19.3 Å². The molecular formula is C13H15IO3. The van der Waals surface area contributed by atoms with Gasteiger partial charge in [-0.25, -0.2) is 4.79 Å². The van der Waals surface area contributed by atoms with Crippen LogP contribution in [0, 0.1) is 3.57 Å². The van der Waals surface area contributed by atoms with Gasteiger partial charge in [-0.1, -0.05) is 6.42 Å². The third kappa shape index (κ3) is 3.34. The highest BCUT2D eigenvalue weighted by Gasteiger charge is 2.17.